The summed E-state index contributed by atoms with van der Waals surface area (Å²) < 4.78 is 5.53. The molecule has 6 heteroatoms. The summed E-state index contributed by atoms with van der Waals surface area (Å²) in [6.45, 7) is 31.3. The Hall–Kier alpha value is -2.37. The van der Waals surface area contributed by atoms with Crippen LogP contribution in [0.1, 0.15) is 140 Å². The number of amides is 2. The molecule has 0 aliphatic heterocycles. The maximum atomic E-state index is 13.5. The molecule has 6 nitrogen and oxygen atoms in total. The van der Waals surface area contributed by atoms with Gasteiger partial charge in [-0.05, 0) is 77.2 Å². The predicted octanol–water partition coefficient (Wildman–Crippen LogP) is 9.50. The van der Waals surface area contributed by atoms with Crippen LogP contribution < -0.4 is 10.6 Å². The molecule has 1 saturated carbocycles. The molecule has 4 atom stereocenters. The van der Waals surface area contributed by atoms with Gasteiger partial charge in [0.25, 0.3) is 0 Å². The van der Waals surface area contributed by atoms with Crippen molar-refractivity contribution in [2.45, 2.75) is 158 Å². The highest BCUT2D eigenvalue weighted by Crippen LogP contribution is 2.34. The highest BCUT2D eigenvalue weighted by molar-refractivity contribution is 6.00. The molecule has 1 fully saturated rings. The van der Waals surface area contributed by atoms with Crippen LogP contribution in [0.15, 0.2) is 37.0 Å². The van der Waals surface area contributed by atoms with Gasteiger partial charge < -0.3 is 15.4 Å². The van der Waals surface area contributed by atoms with Crippen molar-refractivity contribution >= 4 is 17.8 Å². The molecule has 0 aromatic carbocycles. The molecular weight excluding hydrogens is 524 g/mol. The number of carbonyl (C=O) groups is 3. The zero-order chi connectivity index (χ0) is 32.9. The first-order chi connectivity index (χ1) is 19.6. The summed E-state index contributed by atoms with van der Waals surface area (Å²) in [6.07, 6.45) is 11.7. The molecule has 2 N–H and O–H groups in total. The Morgan fingerprint density at radius 2 is 1.45 bits per heavy atom. The molecule has 42 heavy (non-hydrogen) atoms. The summed E-state index contributed by atoms with van der Waals surface area (Å²) in [7, 11) is 0. The molecule has 0 aromatic rings. The van der Waals surface area contributed by atoms with Gasteiger partial charge in [0, 0.05) is 5.92 Å². The summed E-state index contributed by atoms with van der Waals surface area (Å²) in [5.41, 5.74) is 0.715. The molecule has 2 amide bonds. The lowest BCUT2D eigenvalue weighted by molar-refractivity contribution is -0.130. The largest absolute Gasteiger partial charge is 0.444 e. The third-order valence-electron chi connectivity index (χ3n) is 7.15. The number of nitrogens with one attached hydrogen (secondary N) is 2. The number of allylic oxidation sites excluding steroid dienone is 1. The van der Waals surface area contributed by atoms with Gasteiger partial charge in [-0.15, -0.1) is 6.58 Å². The van der Waals surface area contributed by atoms with E-state index in [1.807, 2.05) is 33.8 Å². The van der Waals surface area contributed by atoms with E-state index in [0.717, 1.165) is 56.9 Å². The van der Waals surface area contributed by atoms with Crippen molar-refractivity contribution in [3.8, 4) is 0 Å². The number of carbonyl (C=O) groups excluding carboxylic acids is 3. The minimum atomic E-state index is -0.589. The fourth-order valence-electron chi connectivity index (χ4n) is 5.03. The molecule has 0 spiro atoms. The monoisotopic (exact) mass is 591 g/mol. The van der Waals surface area contributed by atoms with Gasteiger partial charge in [-0.25, -0.2) is 4.79 Å². The lowest BCUT2D eigenvalue weighted by Gasteiger charge is -2.32. The van der Waals surface area contributed by atoms with Gasteiger partial charge in [0.05, 0.1) is 12.1 Å². The van der Waals surface area contributed by atoms with E-state index in [1.165, 1.54) is 6.42 Å². The van der Waals surface area contributed by atoms with Gasteiger partial charge in [-0.2, -0.15) is 0 Å². The fraction of sp³-hybridized carbons (Fsp3) is 0.750. The second kappa shape index (κ2) is 23.1. The molecule has 0 aromatic heterocycles. The van der Waals surface area contributed by atoms with Crippen molar-refractivity contribution in [3.63, 3.8) is 0 Å². The standard InChI is InChI=1S/C29H50N2O4.C4H8.C3H8/c1-10-14-20(5)23(27(33)30-24(15-11-2)26(32)19(3)4)18-21(6)25(22-16-12-13-17-22)31-28(34)35-29(7,8)9;1-3-4-2;1-3-2/h20,22-25H,3,6,10-18H2,1-2,4-5,7-9H3,(H,30,33)(H,31,34);3H,1,4H2,2H3;3H2,1-2H3. The number of rotatable bonds is 15. The van der Waals surface area contributed by atoms with Crippen LogP contribution in [0, 0.1) is 17.8 Å². The van der Waals surface area contributed by atoms with E-state index < -0.39 is 17.7 Å². The van der Waals surface area contributed by atoms with Crippen LogP contribution in [-0.4, -0.2) is 35.5 Å². The summed E-state index contributed by atoms with van der Waals surface area (Å²) >= 11 is 0. The summed E-state index contributed by atoms with van der Waals surface area (Å²) in [5, 5.41) is 6.09. The first kappa shape index (κ1) is 41.8. The van der Waals surface area contributed by atoms with Crippen LogP contribution in [-0.2, 0) is 14.3 Å². The number of hydrogen-bond acceptors (Lipinski definition) is 4. The van der Waals surface area contributed by atoms with E-state index in [2.05, 4.69) is 65.0 Å². The van der Waals surface area contributed by atoms with Crippen LogP contribution in [0.25, 0.3) is 0 Å². The number of ketones is 1. The normalized spacial score (nSPS) is 15.8. The SMILES string of the molecule is C=C(C)C(=O)C(CCC)NC(=O)C(CC(=C)C(NC(=O)OC(C)(C)C)C1CCCC1)C(C)CCC.C=CCC.CCC. The minimum absolute atomic E-state index is 0.114. The van der Waals surface area contributed by atoms with Crippen LogP contribution in [0.5, 0.6) is 0 Å². The van der Waals surface area contributed by atoms with Crippen molar-refractivity contribution in [3.05, 3.63) is 37.0 Å². The van der Waals surface area contributed by atoms with E-state index in [1.54, 1.807) is 6.92 Å². The molecule has 0 bridgehead atoms. The summed E-state index contributed by atoms with van der Waals surface area (Å²) in [4.78, 5) is 38.8. The van der Waals surface area contributed by atoms with Crippen LogP contribution in [0.3, 0.4) is 0 Å². The Kier molecular flexibility index (Phi) is 23.0. The molecule has 1 rings (SSSR count). The van der Waals surface area contributed by atoms with Gasteiger partial charge in [-0.3, -0.25) is 9.59 Å². The highest BCUT2D eigenvalue weighted by atomic mass is 16.6. The van der Waals surface area contributed by atoms with E-state index in [4.69, 9.17) is 4.74 Å². The summed E-state index contributed by atoms with van der Waals surface area (Å²) in [6, 6.07) is -0.792. The van der Waals surface area contributed by atoms with Gasteiger partial charge in [0.15, 0.2) is 5.78 Å². The third kappa shape index (κ3) is 18.2. The maximum Gasteiger partial charge on any atom is 0.408 e. The first-order valence-electron chi connectivity index (χ1n) is 16.4. The first-order valence-corrected chi connectivity index (χ1v) is 16.4. The van der Waals surface area contributed by atoms with E-state index in [-0.39, 0.29) is 35.5 Å². The van der Waals surface area contributed by atoms with Crippen LogP contribution in [0.2, 0.25) is 0 Å². The average molecular weight is 591 g/mol. The van der Waals surface area contributed by atoms with Crippen molar-refractivity contribution < 1.29 is 19.1 Å². The van der Waals surface area contributed by atoms with Crippen molar-refractivity contribution in [1.29, 1.82) is 0 Å². The van der Waals surface area contributed by atoms with Gasteiger partial charge >= 0.3 is 6.09 Å². The Morgan fingerprint density at radius 3 is 1.86 bits per heavy atom. The molecule has 0 radical (unpaired) electrons. The van der Waals surface area contributed by atoms with Gasteiger partial charge in [-0.1, -0.05) is 105 Å². The lowest BCUT2D eigenvalue weighted by atomic mass is 9.80. The number of ether oxygens (including phenoxy) is 1. The molecule has 1 aliphatic carbocycles. The second-order valence-corrected chi connectivity index (χ2v) is 12.8. The number of hydrogen-bond donors (Lipinski definition) is 2. The van der Waals surface area contributed by atoms with E-state index in [0.29, 0.717) is 18.4 Å². The third-order valence-corrected chi connectivity index (χ3v) is 7.15. The van der Waals surface area contributed by atoms with E-state index in [9.17, 15) is 14.4 Å². The Labute approximate surface area is 259 Å². The van der Waals surface area contributed by atoms with Gasteiger partial charge in [0.1, 0.15) is 5.60 Å². The summed E-state index contributed by atoms with van der Waals surface area (Å²) in [5.74, 6) is -0.161. The molecule has 0 saturated heterocycles. The average Bonchev–Trinajstić information content (AvgIpc) is 3.43. The number of alkyl carbamates (subject to hydrolysis) is 1. The van der Waals surface area contributed by atoms with Crippen molar-refractivity contribution in [1.82, 2.24) is 10.6 Å². The maximum absolute atomic E-state index is 13.5. The molecule has 0 heterocycles. The quantitative estimate of drug-likeness (QED) is 0.147. The lowest BCUT2D eigenvalue weighted by Crippen LogP contribution is -2.47. The predicted molar refractivity (Wildman–Crippen MR) is 180 cm³/mol. The second-order valence-electron chi connectivity index (χ2n) is 12.8. The Bertz CT molecular complexity index is 821. The Balaban J connectivity index is 0. The number of Topliss-reactive ketones (excluding diaryl/α,β-unsaturated/α-hetero) is 1. The van der Waals surface area contributed by atoms with Crippen molar-refractivity contribution in [2.75, 3.05) is 0 Å². The highest BCUT2D eigenvalue weighted by Gasteiger charge is 2.34. The molecular formula is C36H66N2O4. The minimum Gasteiger partial charge on any atom is -0.444 e. The smallest absolute Gasteiger partial charge is 0.408 e. The Morgan fingerprint density at radius 1 is 0.952 bits per heavy atom. The van der Waals surface area contributed by atoms with E-state index >= 15 is 0 Å². The van der Waals surface area contributed by atoms with Gasteiger partial charge in [0.2, 0.25) is 5.91 Å². The van der Waals surface area contributed by atoms with Crippen LogP contribution >= 0.6 is 0 Å². The molecule has 244 valence electrons. The van der Waals surface area contributed by atoms with Crippen LogP contribution in [0.4, 0.5) is 4.79 Å². The zero-order valence-electron chi connectivity index (χ0n) is 29.0. The zero-order valence-corrected chi connectivity index (χ0v) is 29.0. The fourth-order valence-corrected chi connectivity index (χ4v) is 5.03. The van der Waals surface area contributed by atoms with Crippen molar-refractivity contribution in [2.24, 2.45) is 17.8 Å². The topological polar surface area (TPSA) is 84.5 Å². The molecule has 1 aliphatic rings. The molecule has 4 unspecified atom stereocenters.